The summed E-state index contributed by atoms with van der Waals surface area (Å²) in [7, 11) is -3.56. The summed E-state index contributed by atoms with van der Waals surface area (Å²) in [5.41, 5.74) is 1.63. The second kappa shape index (κ2) is 9.84. The van der Waals surface area contributed by atoms with E-state index in [-0.39, 0.29) is 17.8 Å². The maximum atomic E-state index is 12.8. The normalized spacial score (nSPS) is 12.3. The summed E-state index contributed by atoms with van der Waals surface area (Å²) in [5, 5.41) is 2.94. The van der Waals surface area contributed by atoms with E-state index in [2.05, 4.69) is 5.32 Å². The maximum Gasteiger partial charge on any atom is 0.322 e. The summed E-state index contributed by atoms with van der Waals surface area (Å²) in [6, 6.07) is 14.3. The summed E-state index contributed by atoms with van der Waals surface area (Å²) >= 11 is 1.65. The first-order valence-corrected chi connectivity index (χ1v) is 12.0. The van der Waals surface area contributed by atoms with Gasteiger partial charge in [-0.15, -0.1) is 11.8 Å². The van der Waals surface area contributed by atoms with Crippen molar-refractivity contribution in [2.75, 3.05) is 17.8 Å². The predicted molar refractivity (Wildman–Crippen MR) is 114 cm³/mol. The number of carbonyl (C=O) groups excluding carboxylic acids is 1. The van der Waals surface area contributed by atoms with Crippen LogP contribution in [0.2, 0.25) is 0 Å². The Morgan fingerprint density at radius 3 is 2.25 bits per heavy atom. The van der Waals surface area contributed by atoms with Gasteiger partial charge in [0, 0.05) is 23.2 Å². The molecule has 2 aromatic carbocycles. The lowest BCUT2D eigenvalue weighted by Crippen LogP contribution is -2.40. The standard InChI is InChI=1S/C20H26N2O4S2/c1-5-15(2)22(20(23)21-17-8-12-19(27-3)13-9-17)14-16-6-10-18(11-7-16)26-28(4,24)25/h6-13,15H,5,14H2,1-4H3,(H,21,23)/t15-/m0/s1. The van der Waals surface area contributed by atoms with Crippen LogP contribution in [0.5, 0.6) is 5.75 Å². The molecule has 2 aromatic rings. The van der Waals surface area contributed by atoms with Gasteiger partial charge in [-0.3, -0.25) is 0 Å². The molecule has 0 aromatic heterocycles. The van der Waals surface area contributed by atoms with E-state index in [0.29, 0.717) is 6.54 Å². The third-order valence-corrected chi connectivity index (χ3v) is 5.49. The van der Waals surface area contributed by atoms with Crippen LogP contribution in [0.3, 0.4) is 0 Å². The van der Waals surface area contributed by atoms with Crippen molar-refractivity contribution in [3.05, 3.63) is 54.1 Å². The maximum absolute atomic E-state index is 12.8. The quantitative estimate of drug-likeness (QED) is 0.498. The minimum Gasteiger partial charge on any atom is -0.383 e. The van der Waals surface area contributed by atoms with E-state index in [1.54, 1.807) is 40.9 Å². The molecular weight excluding hydrogens is 396 g/mol. The predicted octanol–water partition coefficient (Wildman–Crippen LogP) is 4.58. The fraction of sp³-hybridized carbons (Fsp3) is 0.350. The minimum absolute atomic E-state index is 0.0393. The van der Waals surface area contributed by atoms with Crippen molar-refractivity contribution in [2.24, 2.45) is 0 Å². The summed E-state index contributed by atoms with van der Waals surface area (Å²) in [4.78, 5) is 15.7. The zero-order chi connectivity index (χ0) is 20.7. The third-order valence-electron chi connectivity index (χ3n) is 4.25. The van der Waals surface area contributed by atoms with Crippen molar-refractivity contribution in [2.45, 2.75) is 37.8 Å². The SMILES string of the molecule is CC[C@H](C)N(Cc1ccc(OS(C)(=O)=O)cc1)C(=O)Nc1ccc(SC)cc1. The third kappa shape index (κ3) is 6.76. The molecule has 0 saturated carbocycles. The van der Waals surface area contributed by atoms with Gasteiger partial charge in [0.25, 0.3) is 0 Å². The molecule has 2 amide bonds. The van der Waals surface area contributed by atoms with Gasteiger partial charge < -0.3 is 14.4 Å². The second-order valence-corrected chi connectivity index (χ2v) is 8.93. The number of nitrogens with one attached hydrogen (secondary N) is 1. The number of hydrogen-bond acceptors (Lipinski definition) is 5. The molecule has 0 saturated heterocycles. The molecular formula is C20H26N2O4S2. The number of rotatable bonds is 8. The van der Waals surface area contributed by atoms with Gasteiger partial charge in [-0.1, -0.05) is 19.1 Å². The Hall–Kier alpha value is -2.19. The van der Waals surface area contributed by atoms with Crippen LogP contribution in [0.25, 0.3) is 0 Å². The van der Waals surface area contributed by atoms with E-state index in [1.165, 1.54) is 0 Å². The van der Waals surface area contributed by atoms with Crippen LogP contribution in [0, 0.1) is 0 Å². The molecule has 0 aliphatic heterocycles. The minimum atomic E-state index is -3.56. The largest absolute Gasteiger partial charge is 0.383 e. The highest BCUT2D eigenvalue weighted by molar-refractivity contribution is 7.98. The number of thioether (sulfide) groups is 1. The van der Waals surface area contributed by atoms with Crippen LogP contribution < -0.4 is 9.50 Å². The first-order valence-electron chi connectivity index (χ1n) is 8.92. The van der Waals surface area contributed by atoms with Crippen molar-refractivity contribution < 1.29 is 17.4 Å². The van der Waals surface area contributed by atoms with Crippen LogP contribution >= 0.6 is 11.8 Å². The molecule has 1 N–H and O–H groups in total. The Kier molecular flexibility index (Phi) is 7.77. The topological polar surface area (TPSA) is 75.7 Å². The van der Waals surface area contributed by atoms with E-state index in [1.807, 2.05) is 44.4 Å². The van der Waals surface area contributed by atoms with Gasteiger partial charge in [-0.05, 0) is 61.6 Å². The van der Waals surface area contributed by atoms with E-state index < -0.39 is 10.1 Å². The fourth-order valence-electron chi connectivity index (χ4n) is 2.54. The van der Waals surface area contributed by atoms with Crippen molar-refractivity contribution in [1.82, 2.24) is 4.90 Å². The van der Waals surface area contributed by atoms with Gasteiger partial charge in [0.15, 0.2) is 0 Å². The summed E-state index contributed by atoms with van der Waals surface area (Å²) < 4.78 is 27.3. The average Bonchev–Trinajstić information content (AvgIpc) is 2.66. The summed E-state index contributed by atoms with van der Waals surface area (Å²) in [5.74, 6) is 0.250. The van der Waals surface area contributed by atoms with Crippen LogP contribution in [0.4, 0.5) is 10.5 Å². The number of nitrogens with zero attached hydrogens (tertiary/aromatic N) is 1. The Labute approximate surface area is 171 Å². The molecule has 0 spiro atoms. The molecule has 0 aliphatic carbocycles. The number of carbonyl (C=O) groups is 1. The highest BCUT2D eigenvalue weighted by atomic mass is 32.2. The van der Waals surface area contributed by atoms with E-state index >= 15 is 0 Å². The molecule has 8 heteroatoms. The monoisotopic (exact) mass is 422 g/mol. The Balaban J connectivity index is 2.10. The van der Waals surface area contributed by atoms with Crippen molar-refractivity contribution in [3.8, 4) is 5.75 Å². The van der Waals surface area contributed by atoms with Crippen molar-refractivity contribution >= 4 is 33.6 Å². The summed E-state index contributed by atoms with van der Waals surface area (Å²) in [6.07, 6.45) is 3.82. The van der Waals surface area contributed by atoms with Crippen molar-refractivity contribution in [1.29, 1.82) is 0 Å². The molecule has 152 valence electrons. The zero-order valence-electron chi connectivity index (χ0n) is 16.5. The van der Waals surface area contributed by atoms with Crippen molar-refractivity contribution in [3.63, 3.8) is 0 Å². The fourth-order valence-corrected chi connectivity index (χ4v) is 3.41. The summed E-state index contributed by atoms with van der Waals surface area (Å²) in [6.45, 7) is 4.43. The number of hydrogen-bond donors (Lipinski definition) is 1. The molecule has 0 heterocycles. The van der Waals surface area contributed by atoms with E-state index in [4.69, 9.17) is 4.18 Å². The molecule has 0 radical (unpaired) electrons. The highest BCUT2D eigenvalue weighted by Crippen LogP contribution is 2.20. The molecule has 0 bridgehead atoms. The van der Waals surface area contributed by atoms with Crippen LogP contribution in [0.15, 0.2) is 53.4 Å². The van der Waals surface area contributed by atoms with Gasteiger partial charge in [-0.25, -0.2) is 4.79 Å². The lowest BCUT2D eigenvalue weighted by Gasteiger charge is -2.29. The Bertz CT molecular complexity index is 881. The van der Waals surface area contributed by atoms with Gasteiger partial charge in [-0.2, -0.15) is 8.42 Å². The van der Waals surface area contributed by atoms with E-state index in [9.17, 15) is 13.2 Å². The smallest absolute Gasteiger partial charge is 0.322 e. The second-order valence-electron chi connectivity index (χ2n) is 6.48. The number of amides is 2. The Morgan fingerprint density at radius 1 is 1.14 bits per heavy atom. The molecule has 6 nitrogen and oxygen atoms in total. The number of benzene rings is 2. The first-order chi connectivity index (χ1) is 13.2. The molecule has 28 heavy (non-hydrogen) atoms. The van der Waals surface area contributed by atoms with Gasteiger partial charge in [0.1, 0.15) is 5.75 Å². The molecule has 2 rings (SSSR count). The van der Waals surface area contributed by atoms with Gasteiger partial charge in [0.2, 0.25) is 0 Å². The Morgan fingerprint density at radius 2 is 1.75 bits per heavy atom. The van der Waals surface area contributed by atoms with Gasteiger partial charge in [0.05, 0.1) is 6.26 Å². The lowest BCUT2D eigenvalue weighted by atomic mass is 10.1. The van der Waals surface area contributed by atoms with Crippen LogP contribution in [-0.2, 0) is 16.7 Å². The highest BCUT2D eigenvalue weighted by Gasteiger charge is 2.19. The van der Waals surface area contributed by atoms with Crippen LogP contribution in [-0.4, -0.2) is 37.9 Å². The molecule has 1 atom stereocenters. The number of urea groups is 1. The molecule has 0 fully saturated rings. The molecule has 0 unspecified atom stereocenters. The lowest BCUT2D eigenvalue weighted by molar-refractivity contribution is 0.187. The van der Waals surface area contributed by atoms with Gasteiger partial charge >= 0.3 is 16.1 Å². The first kappa shape index (κ1) is 22.1. The zero-order valence-corrected chi connectivity index (χ0v) is 18.1. The average molecular weight is 423 g/mol. The number of anilines is 1. The van der Waals surface area contributed by atoms with E-state index in [0.717, 1.165) is 28.8 Å². The van der Waals surface area contributed by atoms with Crippen LogP contribution in [0.1, 0.15) is 25.8 Å². The molecule has 0 aliphatic rings.